The zero-order valence-corrected chi connectivity index (χ0v) is 16.5. The number of benzene rings is 2. The van der Waals surface area contributed by atoms with Gasteiger partial charge in [-0.3, -0.25) is 9.59 Å². The molecule has 28 heavy (non-hydrogen) atoms. The molecule has 0 bridgehead atoms. The maximum absolute atomic E-state index is 12.5. The third-order valence-corrected chi connectivity index (χ3v) is 5.80. The summed E-state index contributed by atoms with van der Waals surface area (Å²) in [5.74, 6) is -0.0332. The minimum Gasteiger partial charge on any atom is -0.370 e. The number of carbonyl (C=O) groups is 2. The van der Waals surface area contributed by atoms with E-state index in [1.165, 1.54) is 12.8 Å². The number of likely N-dealkylation sites (tertiary alicyclic amines) is 1. The summed E-state index contributed by atoms with van der Waals surface area (Å²) in [6, 6.07) is 15.6. The second-order valence-corrected chi connectivity index (χ2v) is 7.90. The van der Waals surface area contributed by atoms with Gasteiger partial charge in [0.2, 0.25) is 11.8 Å². The van der Waals surface area contributed by atoms with Crippen molar-refractivity contribution in [1.82, 2.24) is 4.90 Å². The lowest BCUT2D eigenvalue weighted by Gasteiger charge is -2.20. The third-order valence-electron chi connectivity index (χ3n) is 5.50. The Balaban J connectivity index is 1.35. The van der Waals surface area contributed by atoms with Crippen LogP contribution in [0.5, 0.6) is 0 Å². The van der Waals surface area contributed by atoms with Gasteiger partial charge < -0.3 is 15.1 Å². The van der Waals surface area contributed by atoms with Gasteiger partial charge in [0.25, 0.3) is 0 Å². The molecule has 0 radical (unpaired) electrons. The molecule has 0 aliphatic carbocycles. The highest BCUT2D eigenvalue weighted by atomic mass is 35.5. The smallest absolute Gasteiger partial charge is 0.243 e. The molecule has 2 aliphatic rings. The number of hydrogen-bond acceptors (Lipinski definition) is 3. The first-order valence-corrected chi connectivity index (χ1v) is 10.1. The summed E-state index contributed by atoms with van der Waals surface area (Å²) in [5.41, 5.74) is 2.81. The highest BCUT2D eigenvalue weighted by molar-refractivity contribution is 6.33. The van der Waals surface area contributed by atoms with Crippen molar-refractivity contribution < 1.29 is 9.59 Å². The standard InChI is InChI=1S/C22H24ClN3O2/c23-19-13-18(8-9-20(19)25-10-4-5-11-25)24-21(27)15-26-14-17(12-22(26)28)16-6-2-1-3-7-16/h1-3,6-9,13,17H,4-5,10-12,14-15H2,(H,24,27). The number of hydrogen-bond donors (Lipinski definition) is 1. The monoisotopic (exact) mass is 397 g/mol. The first-order chi connectivity index (χ1) is 13.6. The number of carbonyl (C=O) groups excluding carboxylic acids is 2. The minimum atomic E-state index is -0.202. The Morgan fingerprint density at radius 1 is 1.11 bits per heavy atom. The largest absolute Gasteiger partial charge is 0.370 e. The fourth-order valence-electron chi connectivity index (χ4n) is 4.05. The lowest BCUT2D eigenvalue weighted by atomic mass is 9.99. The predicted molar refractivity (Wildman–Crippen MR) is 112 cm³/mol. The van der Waals surface area contributed by atoms with Gasteiger partial charge in [0, 0.05) is 37.7 Å². The van der Waals surface area contributed by atoms with Gasteiger partial charge in [0.15, 0.2) is 0 Å². The Kier molecular flexibility index (Phi) is 5.53. The molecule has 1 unspecified atom stereocenters. The summed E-state index contributed by atoms with van der Waals surface area (Å²) in [5, 5.41) is 3.51. The van der Waals surface area contributed by atoms with Gasteiger partial charge in [-0.2, -0.15) is 0 Å². The zero-order chi connectivity index (χ0) is 19.5. The van der Waals surface area contributed by atoms with Gasteiger partial charge in [-0.25, -0.2) is 0 Å². The van der Waals surface area contributed by atoms with Crippen LogP contribution in [-0.2, 0) is 9.59 Å². The van der Waals surface area contributed by atoms with Gasteiger partial charge >= 0.3 is 0 Å². The molecule has 2 saturated heterocycles. The number of nitrogens with zero attached hydrogens (tertiary/aromatic N) is 2. The van der Waals surface area contributed by atoms with E-state index >= 15 is 0 Å². The average molecular weight is 398 g/mol. The number of rotatable bonds is 5. The van der Waals surface area contributed by atoms with Gasteiger partial charge in [-0.1, -0.05) is 41.9 Å². The van der Waals surface area contributed by atoms with E-state index in [0.717, 1.165) is 24.3 Å². The van der Waals surface area contributed by atoms with E-state index in [1.54, 1.807) is 11.0 Å². The van der Waals surface area contributed by atoms with Crippen LogP contribution in [0, 0.1) is 0 Å². The van der Waals surface area contributed by atoms with Crippen LogP contribution >= 0.6 is 11.6 Å². The summed E-state index contributed by atoms with van der Waals surface area (Å²) in [4.78, 5) is 28.7. The van der Waals surface area contributed by atoms with Crippen LogP contribution in [-0.4, -0.2) is 42.9 Å². The normalized spacial score (nSPS) is 19.3. The SMILES string of the molecule is O=C(CN1CC(c2ccccc2)CC1=O)Nc1ccc(N2CCCC2)c(Cl)c1. The quantitative estimate of drug-likeness (QED) is 0.832. The Morgan fingerprint density at radius 3 is 2.57 bits per heavy atom. The molecule has 0 aromatic heterocycles. The van der Waals surface area contributed by atoms with Gasteiger partial charge in [-0.15, -0.1) is 0 Å². The molecule has 2 aliphatic heterocycles. The number of nitrogens with one attached hydrogen (secondary N) is 1. The van der Waals surface area contributed by atoms with Crippen molar-refractivity contribution in [2.45, 2.75) is 25.2 Å². The van der Waals surface area contributed by atoms with E-state index in [0.29, 0.717) is 23.7 Å². The summed E-state index contributed by atoms with van der Waals surface area (Å²) in [7, 11) is 0. The van der Waals surface area contributed by atoms with E-state index in [1.807, 2.05) is 42.5 Å². The molecule has 5 nitrogen and oxygen atoms in total. The Labute approximate surface area is 170 Å². The molecule has 0 saturated carbocycles. The number of halogens is 1. The van der Waals surface area contributed by atoms with E-state index in [-0.39, 0.29) is 24.3 Å². The van der Waals surface area contributed by atoms with Crippen LogP contribution in [0.15, 0.2) is 48.5 Å². The third kappa shape index (κ3) is 4.14. The minimum absolute atomic E-state index is 0.0198. The van der Waals surface area contributed by atoms with Crippen molar-refractivity contribution in [1.29, 1.82) is 0 Å². The summed E-state index contributed by atoms with van der Waals surface area (Å²) in [6.07, 6.45) is 2.82. The fraction of sp³-hybridized carbons (Fsp3) is 0.364. The van der Waals surface area contributed by atoms with Crippen LogP contribution in [0.1, 0.15) is 30.7 Å². The Morgan fingerprint density at radius 2 is 1.86 bits per heavy atom. The van der Waals surface area contributed by atoms with Gasteiger partial charge in [-0.05, 0) is 36.6 Å². The van der Waals surface area contributed by atoms with E-state index < -0.39 is 0 Å². The van der Waals surface area contributed by atoms with Crippen LogP contribution in [0.2, 0.25) is 5.02 Å². The topological polar surface area (TPSA) is 52.7 Å². The maximum Gasteiger partial charge on any atom is 0.243 e. The molecule has 0 spiro atoms. The molecule has 2 heterocycles. The molecule has 1 N–H and O–H groups in total. The van der Waals surface area contributed by atoms with Crippen LogP contribution in [0.3, 0.4) is 0 Å². The van der Waals surface area contributed by atoms with Crippen LogP contribution in [0.4, 0.5) is 11.4 Å². The second-order valence-electron chi connectivity index (χ2n) is 7.49. The second kappa shape index (κ2) is 8.23. The molecule has 4 rings (SSSR count). The van der Waals surface area contributed by atoms with E-state index in [2.05, 4.69) is 10.2 Å². The average Bonchev–Trinajstić information content (AvgIpc) is 3.33. The van der Waals surface area contributed by atoms with Crippen molar-refractivity contribution in [3.63, 3.8) is 0 Å². The molecule has 2 fully saturated rings. The predicted octanol–water partition coefficient (Wildman–Crippen LogP) is 3.89. The number of anilines is 2. The van der Waals surface area contributed by atoms with E-state index in [9.17, 15) is 9.59 Å². The lowest BCUT2D eigenvalue weighted by Crippen LogP contribution is -2.34. The summed E-state index contributed by atoms with van der Waals surface area (Å²) < 4.78 is 0. The summed E-state index contributed by atoms with van der Waals surface area (Å²) >= 11 is 6.42. The maximum atomic E-state index is 12.5. The van der Waals surface area contributed by atoms with Gasteiger partial charge in [0.05, 0.1) is 17.3 Å². The van der Waals surface area contributed by atoms with Crippen molar-refractivity contribution >= 4 is 34.8 Å². The highest BCUT2D eigenvalue weighted by Gasteiger charge is 2.31. The first kappa shape index (κ1) is 18.8. The van der Waals surface area contributed by atoms with Crippen LogP contribution in [0.25, 0.3) is 0 Å². The molecule has 2 aromatic rings. The lowest BCUT2D eigenvalue weighted by molar-refractivity contribution is -0.131. The fourth-order valence-corrected chi connectivity index (χ4v) is 4.35. The first-order valence-electron chi connectivity index (χ1n) is 9.77. The molecule has 2 aromatic carbocycles. The molecular weight excluding hydrogens is 374 g/mol. The Hall–Kier alpha value is -2.53. The molecule has 6 heteroatoms. The molecule has 146 valence electrons. The summed E-state index contributed by atoms with van der Waals surface area (Å²) in [6.45, 7) is 2.68. The van der Waals surface area contributed by atoms with Crippen molar-refractivity contribution in [2.75, 3.05) is 36.4 Å². The van der Waals surface area contributed by atoms with Crippen molar-refractivity contribution in [3.8, 4) is 0 Å². The zero-order valence-electron chi connectivity index (χ0n) is 15.7. The van der Waals surface area contributed by atoms with Crippen molar-refractivity contribution in [2.24, 2.45) is 0 Å². The number of amides is 2. The van der Waals surface area contributed by atoms with E-state index in [4.69, 9.17) is 11.6 Å². The molecule has 2 amide bonds. The molecular formula is C22H24ClN3O2. The Bertz CT molecular complexity index is 865. The molecule has 1 atom stereocenters. The highest BCUT2D eigenvalue weighted by Crippen LogP contribution is 2.31. The van der Waals surface area contributed by atoms with Gasteiger partial charge in [0.1, 0.15) is 0 Å². The van der Waals surface area contributed by atoms with Crippen molar-refractivity contribution in [3.05, 3.63) is 59.1 Å². The van der Waals surface area contributed by atoms with Crippen LogP contribution < -0.4 is 10.2 Å².